The standard InChI is InChI=1S/C18H20F2N2/c19-16-5-1-3-13(7-16)10-22-11-15(9-18(21)12-22)14-4-2-6-17(20)8-14/h1-8,15,18H,9-12,21H2. The SMILES string of the molecule is NC1CC(c2cccc(F)c2)CN(Cc2cccc(F)c2)C1. The molecule has 2 atom stereocenters. The third kappa shape index (κ3) is 3.70. The summed E-state index contributed by atoms with van der Waals surface area (Å²) in [6.45, 7) is 2.26. The zero-order valence-electron chi connectivity index (χ0n) is 12.4. The summed E-state index contributed by atoms with van der Waals surface area (Å²) in [6, 6.07) is 13.4. The summed E-state index contributed by atoms with van der Waals surface area (Å²) < 4.78 is 26.7. The highest BCUT2D eigenvalue weighted by molar-refractivity contribution is 5.23. The number of hydrogen-bond acceptors (Lipinski definition) is 2. The lowest BCUT2D eigenvalue weighted by Crippen LogP contribution is -2.45. The van der Waals surface area contributed by atoms with E-state index < -0.39 is 0 Å². The molecule has 0 radical (unpaired) electrons. The Morgan fingerprint density at radius 1 is 1.00 bits per heavy atom. The number of halogens is 2. The molecule has 3 rings (SSSR count). The lowest BCUT2D eigenvalue weighted by molar-refractivity contribution is 0.181. The lowest BCUT2D eigenvalue weighted by atomic mass is 9.88. The van der Waals surface area contributed by atoms with Gasteiger partial charge in [-0.15, -0.1) is 0 Å². The maximum absolute atomic E-state index is 13.4. The second kappa shape index (κ2) is 6.55. The third-order valence-electron chi connectivity index (χ3n) is 4.17. The molecule has 116 valence electrons. The first-order valence-electron chi connectivity index (χ1n) is 7.58. The predicted octanol–water partition coefficient (Wildman–Crippen LogP) is 3.28. The second-order valence-electron chi connectivity index (χ2n) is 6.07. The van der Waals surface area contributed by atoms with E-state index in [0.29, 0.717) is 6.54 Å². The summed E-state index contributed by atoms with van der Waals surface area (Å²) in [5.74, 6) is -0.221. The minimum Gasteiger partial charge on any atom is -0.327 e. The molecule has 4 heteroatoms. The van der Waals surface area contributed by atoms with Crippen molar-refractivity contribution in [1.29, 1.82) is 0 Å². The number of hydrogen-bond donors (Lipinski definition) is 1. The molecule has 2 N–H and O–H groups in total. The third-order valence-corrected chi connectivity index (χ3v) is 4.17. The molecule has 0 bridgehead atoms. The van der Waals surface area contributed by atoms with Gasteiger partial charge in [0.1, 0.15) is 11.6 Å². The molecule has 1 fully saturated rings. The van der Waals surface area contributed by atoms with E-state index in [0.717, 1.165) is 30.6 Å². The molecule has 1 aliphatic rings. The van der Waals surface area contributed by atoms with Crippen LogP contribution in [-0.2, 0) is 6.54 Å². The van der Waals surface area contributed by atoms with Crippen LogP contribution in [0.25, 0.3) is 0 Å². The van der Waals surface area contributed by atoms with Crippen molar-refractivity contribution in [3.8, 4) is 0 Å². The van der Waals surface area contributed by atoms with Crippen molar-refractivity contribution in [3.63, 3.8) is 0 Å². The number of nitrogens with zero attached hydrogens (tertiary/aromatic N) is 1. The zero-order valence-corrected chi connectivity index (χ0v) is 12.4. The Hall–Kier alpha value is -1.78. The molecule has 2 unspecified atom stereocenters. The van der Waals surface area contributed by atoms with Crippen molar-refractivity contribution >= 4 is 0 Å². The quantitative estimate of drug-likeness (QED) is 0.943. The fraction of sp³-hybridized carbons (Fsp3) is 0.333. The first kappa shape index (κ1) is 15.1. The molecule has 0 saturated carbocycles. The van der Waals surface area contributed by atoms with E-state index in [-0.39, 0.29) is 23.6 Å². The van der Waals surface area contributed by atoms with E-state index in [1.54, 1.807) is 24.3 Å². The average molecular weight is 302 g/mol. The molecule has 1 heterocycles. The van der Waals surface area contributed by atoms with Gasteiger partial charge in [-0.2, -0.15) is 0 Å². The van der Waals surface area contributed by atoms with E-state index in [1.807, 2.05) is 12.1 Å². The van der Waals surface area contributed by atoms with Crippen LogP contribution in [0.1, 0.15) is 23.5 Å². The molecule has 1 aliphatic heterocycles. The summed E-state index contributed by atoms with van der Waals surface area (Å²) in [4.78, 5) is 2.22. The van der Waals surface area contributed by atoms with Crippen LogP contribution in [0.4, 0.5) is 8.78 Å². The molecule has 0 aliphatic carbocycles. The largest absolute Gasteiger partial charge is 0.327 e. The molecular weight excluding hydrogens is 282 g/mol. The fourth-order valence-corrected chi connectivity index (χ4v) is 3.26. The topological polar surface area (TPSA) is 29.3 Å². The fourth-order valence-electron chi connectivity index (χ4n) is 3.26. The van der Waals surface area contributed by atoms with E-state index in [1.165, 1.54) is 12.1 Å². The van der Waals surface area contributed by atoms with Crippen molar-refractivity contribution in [2.24, 2.45) is 5.73 Å². The van der Waals surface area contributed by atoms with Crippen LogP contribution in [0, 0.1) is 11.6 Å². The van der Waals surface area contributed by atoms with Gasteiger partial charge < -0.3 is 5.73 Å². The van der Waals surface area contributed by atoms with Crippen LogP contribution in [0.3, 0.4) is 0 Å². The molecule has 0 spiro atoms. The molecular formula is C18H20F2N2. The van der Waals surface area contributed by atoms with Gasteiger partial charge >= 0.3 is 0 Å². The Labute approximate surface area is 129 Å². The Bertz CT molecular complexity index is 644. The number of rotatable bonds is 3. The van der Waals surface area contributed by atoms with Crippen LogP contribution in [0.2, 0.25) is 0 Å². The van der Waals surface area contributed by atoms with Gasteiger partial charge in [-0.05, 0) is 47.7 Å². The number of benzene rings is 2. The van der Waals surface area contributed by atoms with E-state index in [9.17, 15) is 8.78 Å². The van der Waals surface area contributed by atoms with Crippen LogP contribution >= 0.6 is 0 Å². The normalized spacial score (nSPS) is 22.7. The van der Waals surface area contributed by atoms with Crippen molar-refractivity contribution in [3.05, 3.63) is 71.3 Å². The highest BCUT2D eigenvalue weighted by Crippen LogP contribution is 2.27. The summed E-state index contributed by atoms with van der Waals surface area (Å²) in [7, 11) is 0. The van der Waals surface area contributed by atoms with E-state index in [4.69, 9.17) is 5.73 Å². The van der Waals surface area contributed by atoms with Gasteiger partial charge in [0, 0.05) is 25.7 Å². The van der Waals surface area contributed by atoms with E-state index in [2.05, 4.69) is 4.90 Å². The molecule has 2 aromatic carbocycles. The molecule has 2 nitrogen and oxygen atoms in total. The van der Waals surface area contributed by atoms with Gasteiger partial charge in [0.2, 0.25) is 0 Å². The first-order valence-corrected chi connectivity index (χ1v) is 7.58. The van der Waals surface area contributed by atoms with Crippen LogP contribution in [0.15, 0.2) is 48.5 Å². The first-order chi connectivity index (χ1) is 10.6. The highest BCUT2D eigenvalue weighted by atomic mass is 19.1. The monoisotopic (exact) mass is 302 g/mol. The van der Waals surface area contributed by atoms with Crippen molar-refractivity contribution in [1.82, 2.24) is 4.90 Å². The van der Waals surface area contributed by atoms with Gasteiger partial charge in [0.25, 0.3) is 0 Å². The maximum atomic E-state index is 13.4. The summed E-state index contributed by atoms with van der Waals surface area (Å²) in [6.07, 6.45) is 0.850. The summed E-state index contributed by atoms with van der Waals surface area (Å²) in [5, 5.41) is 0. The minimum atomic E-state index is -0.222. The lowest BCUT2D eigenvalue weighted by Gasteiger charge is -2.36. The predicted molar refractivity (Wildman–Crippen MR) is 83.4 cm³/mol. The molecule has 2 aromatic rings. The molecule has 0 amide bonds. The van der Waals surface area contributed by atoms with Crippen LogP contribution < -0.4 is 5.73 Å². The van der Waals surface area contributed by atoms with Gasteiger partial charge in [-0.3, -0.25) is 4.90 Å². The number of nitrogens with two attached hydrogens (primary N) is 1. The van der Waals surface area contributed by atoms with Crippen molar-refractivity contribution in [2.75, 3.05) is 13.1 Å². The van der Waals surface area contributed by atoms with Crippen LogP contribution in [0.5, 0.6) is 0 Å². The molecule has 1 saturated heterocycles. The Kier molecular flexibility index (Phi) is 4.50. The van der Waals surface area contributed by atoms with Gasteiger partial charge in [0.05, 0.1) is 0 Å². The van der Waals surface area contributed by atoms with Gasteiger partial charge in [-0.1, -0.05) is 24.3 Å². The number of piperidine rings is 1. The summed E-state index contributed by atoms with van der Waals surface area (Å²) in [5.41, 5.74) is 8.09. The summed E-state index contributed by atoms with van der Waals surface area (Å²) >= 11 is 0. The van der Waals surface area contributed by atoms with Crippen molar-refractivity contribution in [2.45, 2.75) is 24.9 Å². The van der Waals surface area contributed by atoms with Crippen molar-refractivity contribution < 1.29 is 8.78 Å². The number of likely N-dealkylation sites (tertiary alicyclic amines) is 1. The minimum absolute atomic E-state index is 0.0515. The maximum Gasteiger partial charge on any atom is 0.123 e. The smallest absolute Gasteiger partial charge is 0.123 e. The van der Waals surface area contributed by atoms with E-state index >= 15 is 0 Å². The zero-order chi connectivity index (χ0) is 15.5. The molecule has 22 heavy (non-hydrogen) atoms. The highest BCUT2D eigenvalue weighted by Gasteiger charge is 2.26. The molecule has 0 aromatic heterocycles. The Balaban J connectivity index is 1.73. The van der Waals surface area contributed by atoms with Gasteiger partial charge in [-0.25, -0.2) is 8.78 Å². The second-order valence-corrected chi connectivity index (χ2v) is 6.07. The average Bonchev–Trinajstić information content (AvgIpc) is 2.46. The Morgan fingerprint density at radius 3 is 2.45 bits per heavy atom. The van der Waals surface area contributed by atoms with Crippen LogP contribution in [-0.4, -0.2) is 24.0 Å². The Morgan fingerprint density at radius 2 is 1.73 bits per heavy atom. The van der Waals surface area contributed by atoms with Gasteiger partial charge in [0.15, 0.2) is 0 Å².